The van der Waals surface area contributed by atoms with Gasteiger partial charge in [-0.1, -0.05) is 13.0 Å². The number of pyridine rings is 1. The van der Waals surface area contributed by atoms with Gasteiger partial charge >= 0.3 is 6.09 Å². The molecule has 0 saturated carbocycles. The lowest BCUT2D eigenvalue weighted by molar-refractivity contribution is 0.0576. The number of ether oxygens (including phenoxy) is 2. The predicted molar refractivity (Wildman–Crippen MR) is 118 cm³/mol. The lowest BCUT2D eigenvalue weighted by Crippen LogP contribution is -2.37. The molecule has 158 valence electrons. The zero-order chi connectivity index (χ0) is 21.8. The Morgan fingerprint density at radius 2 is 1.93 bits per heavy atom. The van der Waals surface area contributed by atoms with E-state index in [2.05, 4.69) is 17.2 Å². The third-order valence-electron chi connectivity index (χ3n) is 4.74. The first-order valence-corrected chi connectivity index (χ1v) is 9.92. The predicted octanol–water partition coefficient (Wildman–Crippen LogP) is 5.25. The van der Waals surface area contributed by atoms with Crippen LogP contribution < -0.4 is 15.0 Å². The van der Waals surface area contributed by atoms with Gasteiger partial charge in [-0.2, -0.15) is 0 Å². The summed E-state index contributed by atoms with van der Waals surface area (Å²) < 4.78 is 11.3. The van der Waals surface area contributed by atoms with Crippen LogP contribution in [-0.2, 0) is 17.7 Å². The summed E-state index contributed by atoms with van der Waals surface area (Å²) in [6.45, 7) is 11.9. The smallest absolute Gasteiger partial charge is 0.415 e. The second-order valence-electron chi connectivity index (χ2n) is 8.02. The molecule has 0 aliphatic heterocycles. The van der Waals surface area contributed by atoms with Crippen molar-refractivity contribution in [1.29, 1.82) is 0 Å². The number of rotatable bonds is 6. The lowest BCUT2D eigenvalue weighted by Gasteiger charge is -2.30. The molecule has 1 aromatic heterocycles. The Kier molecular flexibility index (Phi) is 7.11. The summed E-state index contributed by atoms with van der Waals surface area (Å²) in [5.41, 5.74) is 4.91. The molecule has 2 rings (SSSR count). The number of nitrogens with zero attached hydrogens (tertiary/aromatic N) is 2. The summed E-state index contributed by atoms with van der Waals surface area (Å²) in [7, 11) is 3.53. The van der Waals surface area contributed by atoms with Crippen molar-refractivity contribution in [2.75, 3.05) is 24.4 Å². The van der Waals surface area contributed by atoms with Gasteiger partial charge in [-0.05, 0) is 58.7 Å². The highest BCUT2D eigenvalue weighted by molar-refractivity contribution is 5.90. The second kappa shape index (κ2) is 9.16. The fraction of sp³-hybridized carbons (Fsp3) is 0.478. The molecule has 0 spiro atoms. The van der Waals surface area contributed by atoms with Crippen LogP contribution in [0.1, 0.15) is 50.1 Å². The van der Waals surface area contributed by atoms with Gasteiger partial charge in [0.2, 0.25) is 0 Å². The molecular formula is C23H33N3O3. The number of nitrogens with one attached hydrogen (secondary N) is 1. The van der Waals surface area contributed by atoms with E-state index in [9.17, 15) is 4.79 Å². The van der Waals surface area contributed by atoms with E-state index in [1.54, 1.807) is 18.2 Å². The molecule has 1 N–H and O–H groups in total. The van der Waals surface area contributed by atoms with E-state index in [0.717, 1.165) is 45.9 Å². The molecule has 0 bridgehead atoms. The van der Waals surface area contributed by atoms with E-state index in [4.69, 9.17) is 9.47 Å². The number of hydrogen-bond acceptors (Lipinski definition) is 5. The summed E-state index contributed by atoms with van der Waals surface area (Å²) in [4.78, 5) is 19.4. The average Bonchev–Trinajstić information content (AvgIpc) is 2.65. The second-order valence-corrected chi connectivity index (χ2v) is 8.02. The molecule has 0 atom stereocenters. The van der Waals surface area contributed by atoms with Crippen molar-refractivity contribution in [2.24, 2.45) is 0 Å². The minimum absolute atomic E-state index is 0.289. The molecule has 0 fully saturated rings. The normalized spacial score (nSPS) is 11.2. The molecule has 0 saturated heterocycles. The van der Waals surface area contributed by atoms with E-state index in [0.29, 0.717) is 0 Å². The molecule has 0 aliphatic rings. The van der Waals surface area contributed by atoms with E-state index in [1.807, 2.05) is 59.9 Å². The molecule has 29 heavy (non-hydrogen) atoms. The summed E-state index contributed by atoms with van der Waals surface area (Å²) in [5, 5.41) is 3.22. The molecule has 2 aromatic rings. The summed E-state index contributed by atoms with van der Waals surface area (Å²) in [6.07, 6.45) is 2.15. The van der Waals surface area contributed by atoms with Crippen LogP contribution in [0.4, 0.5) is 16.2 Å². The highest BCUT2D eigenvalue weighted by Gasteiger charge is 2.27. The van der Waals surface area contributed by atoms with Crippen LogP contribution in [0.2, 0.25) is 0 Å². The maximum Gasteiger partial charge on any atom is 0.415 e. The number of amides is 1. The zero-order valence-electron chi connectivity index (χ0n) is 18.8. The third kappa shape index (κ3) is 5.19. The van der Waals surface area contributed by atoms with Gasteiger partial charge in [0.05, 0.1) is 25.0 Å². The van der Waals surface area contributed by atoms with E-state index in [1.165, 1.54) is 0 Å². The van der Waals surface area contributed by atoms with Crippen molar-refractivity contribution >= 4 is 17.5 Å². The highest BCUT2D eigenvalue weighted by atomic mass is 16.6. The van der Waals surface area contributed by atoms with Crippen molar-refractivity contribution in [3.8, 4) is 5.75 Å². The molecule has 0 aliphatic carbocycles. The van der Waals surface area contributed by atoms with Crippen LogP contribution in [0.15, 0.2) is 24.4 Å². The quantitative estimate of drug-likeness (QED) is 0.718. The maximum atomic E-state index is 13.2. The van der Waals surface area contributed by atoms with E-state index >= 15 is 0 Å². The highest BCUT2D eigenvalue weighted by Crippen LogP contribution is 2.32. The van der Waals surface area contributed by atoms with Crippen molar-refractivity contribution in [1.82, 2.24) is 4.98 Å². The van der Waals surface area contributed by atoms with Crippen molar-refractivity contribution in [2.45, 2.75) is 60.1 Å². The number of methoxy groups -OCH3 is 1. The standard InChI is InChI=1S/C23H33N3O3/c1-9-17-18(24-7)11-10-12-20(17)26(22(27)29-23(4,5)6)14-19-16(3)21(28-8)15(2)13-25-19/h10-13,24H,9,14H2,1-8H3. The SMILES string of the molecule is CCc1c(NC)cccc1N(Cc1ncc(C)c(OC)c1C)C(=O)OC(C)(C)C. The molecule has 1 aromatic carbocycles. The molecule has 0 radical (unpaired) electrons. The topological polar surface area (TPSA) is 63.7 Å². The Hall–Kier alpha value is -2.76. The fourth-order valence-corrected chi connectivity index (χ4v) is 3.38. The Morgan fingerprint density at radius 3 is 2.48 bits per heavy atom. The summed E-state index contributed by atoms with van der Waals surface area (Å²) in [5.74, 6) is 0.791. The van der Waals surface area contributed by atoms with Gasteiger partial charge in [0.1, 0.15) is 11.4 Å². The number of carbonyl (C=O) groups is 1. The first-order valence-electron chi connectivity index (χ1n) is 9.92. The maximum absolute atomic E-state index is 13.2. The number of hydrogen-bond donors (Lipinski definition) is 1. The van der Waals surface area contributed by atoms with Gasteiger partial charge in [0.15, 0.2) is 0 Å². The Balaban J connectivity index is 2.58. The molecule has 1 heterocycles. The molecule has 6 nitrogen and oxygen atoms in total. The van der Waals surface area contributed by atoms with Gasteiger partial charge in [-0.3, -0.25) is 9.88 Å². The van der Waals surface area contributed by atoms with Crippen LogP contribution in [-0.4, -0.2) is 30.8 Å². The lowest BCUT2D eigenvalue weighted by atomic mass is 10.1. The zero-order valence-corrected chi connectivity index (χ0v) is 18.8. The number of benzene rings is 1. The van der Waals surface area contributed by atoms with Crippen molar-refractivity contribution in [3.63, 3.8) is 0 Å². The van der Waals surface area contributed by atoms with Crippen LogP contribution in [0.25, 0.3) is 0 Å². The average molecular weight is 400 g/mol. The van der Waals surface area contributed by atoms with Crippen LogP contribution in [0, 0.1) is 13.8 Å². The van der Waals surface area contributed by atoms with Gasteiger partial charge in [-0.25, -0.2) is 4.79 Å². The molecule has 1 amide bonds. The van der Waals surface area contributed by atoms with Crippen LogP contribution in [0.5, 0.6) is 5.75 Å². The summed E-state index contributed by atoms with van der Waals surface area (Å²) >= 11 is 0. The minimum atomic E-state index is -0.601. The molecule has 6 heteroatoms. The van der Waals surface area contributed by atoms with Crippen LogP contribution in [0.3, 0.4) is 0 Å². The first-order chi connectivity index (χ1) is 13.6. The first kappa shape index (κ1) is 22.5. The van der Waals surface area contributed by atoms with Gasteiger partial charge in [0, 0.05) is 30.1 Å². The fourth-order valence-electron chi connectivity index (χ4n) is 3.38. The number of carbonyl (C=O) groups excluding carboxylic acids is 1. The monoisotopic (exact) mass is 399 g/mol. The van der Waals surface area contributed by atoms with Gasteiger partial charge < -0.3 is 14.8 Å². The number of aryl methyl sites for hydroxylation is 1. The summed E-state index contributed by atoms with van der Waals surface area (Å²) in [6, 6.07) is 5.89. The largest absolute Gasteiger partial charge is 0.496 e. The van der Waals surface area contributed by atoms with Crippen molar-refractivity contribution in [3.05, 3.63) is 46.8 Å². The van der Waals surface area contributed by atoms with Crippen LogP contribution >= 0.6 is 0 Å². The van der Waals surface area contributed by atoms with Crippen molar-refractivity contribution < 1.29 is 14.3 Å². The van der Waals surface area contributed by atoms with Gasteiger partial charge in [0.25, 0.3) is 0 Å². The van der Waals surface area contributed by atoms with E-state index in [-0.39, 0.29) is 6.54 Å². The molecular weight excluding hydrogens is 366 g/mol. The van der Waals surface area contributed by atoms with E-state index < -0.39 is 11.7 Å². The Bertz CT molecular complexity index is 872. The Labute approximate surface area is 174 Å². The third-order valence-corrected chi connectivity index (χ3v) is 4.74. The molecule has 0 unspecified atom stereocenters. The minimum Gasteiger partial charge on any atom is -0.496 e. The Morgan fingerprint density at radius 1 is 1.24 bits per heavy atom. The van der Waals surface area contributed by atoms with Gasteiger partial charge in [-0.15, -0.1) is 0 Å². The number of anilines is 2. The number of aromatic nitrogens is 1.